The number of amides is 3. The van der Waals surface area contributed by atoms with E-state index >= 15 is 0 Å². The third kappa shape index (κ3) is 4.55. The Morgan fingerprint density at radius 2 is 1.76 bits per heavy atom. The van der Waals surface area contributed by atoms with Crippen LogP contribution in [0.1, 0.15) is 26.5 Å². The van der Waals surface area contributed by atoms with Crippen molar-refractivity contribution in [2.45, 2.75) is 6.54 Å². The summed E-state index contributed by atoms with van der Waals surface area (Å²) in [5, 5.41) is 5.27. The molecule has 1 aliphatic heterocycles. The zero-order valence-electron chi connectivity index (χ0n) is 17.8. The van der Waals surface area contributed by atoms with E-state index in [1.807, 2.05) is 0 Å². The first-order valence-corrected chi connectivity index (χ1v) is 10.4. The Morgan fingerprint density at radius 1 is 1.00 bits per heavy atom. The summed E-state index contributed by atoms with van der Waals surface area (Å²) < 4.78 is 9.86. The lowest BCUT2D eigenvalue weighted by Crippen LogP contribution is -2.32. The third-order valence-electron chi connectivity index (χ3n) is 4.97. The van der Waals surface area contributed by atoms with E-state index < -0.39 is 17.8 Å². The molecule has 0 atom stereocenters. The second kappa shape index (κ2) is 9.63. The minimum atomic E-state index is -0.731. The highest BCUT2D eigenvalue weighted by Crippen LogP contribution is 2.30. The lowest BCUT2D eigenvalue weighted by atomic mass is 10.2. The Kier molecular flexibility index (Phi) is 6.46. The van der Waals surface area contributed by atoms with E-state index in [1.165, 1.54) is 37.6 Å². The molecule has 2 N–H and O–H groups in total. The fourth-order valence-electron chi connectivity index (χ4n) is 3.27. The van der Waals surface area contributed by atoms with E-state index in [-0.39, 0.29) is 34.4 Å². The molecule has 3 amide bonds. The zero-order chi connectivity index (χ0) is 24.2. The van der Waals surface area contributed by atoms with Crippen molar-refractivity contribution in [3.63, 3.8) is 0 Å². The third-order valence-corrected chi connectivity index (χ3v) is 5.32. The molecule has 2 heterocycles. The summed E-state index contributed by atoms with van der Waals surface area (Å²) >= 11 is 6.16. The molecule has 0 saturated carbocycles. The van der Waals surface area contributed by atoms with Crippen LogP contribution in [0.15, 0.2) is 82.1 Å². The number of hydrogen-bond donors (Lipinski definition) is 2. The van der Waals surface area contributed by atoms with Gasteiger partial charge in [-0.2, -0.15) is 0 Å². The lowest BCUT2D eigenvalue weighted by molar-refractivity contribution is -0.120. The molecular weight excluding hydrogens is 462 g/mol. The van der Waals surface area contributed by atoms with E-state index in [9.17, 15) is 19.2 Å². The van der Waals surface area contributed by atoms with Crippen LogP contribution in [0.3, 0.4) is 0 Å². The maximum atomic E-state index is 13.0. The molecule has 10 heteroatoms. The van der Waals surface area contributed by atoms with Gasteiger partial charge in [-0.05, 0) is 54.6 Å². The largest absolute Gasteiger partial charge is 0.467 e. The highest BCUT2D eigenvalue weighted by Gasteiger charge is 2.39. The fourth-order valence-corrected chi connectivity index (χ4v) is 3.48. The van der Waals surface area contributed by atoms with Crippen molar-refractivity contribution in [3.8, 4) is 0 Å². The number of imide groups is 1. The van der Waals surface area contributed by atoms with Gasteiger partial charge in [-0.15, -0.1) is 0 Å². The second-order valence-corrected chi connectivity index (χ2v) is 7.52. The number of esters is 1. The molecule has 0 fully saturated rings. The normalized spacial score (nSPS) is 13.3. The number of rotatable bonds is 7. The van der Waals surface area contributed by atoms with Crippen LogP contribution in [-0.2, 0) is 20.9 Å². The van der Waals surface area contributed by atoms with Crippen LogP contribution in [0, 0.1) is 0 Å². The Bertz CT molecular complexity index is 1300. The molecule has 2 aromatic carbocycles. The number of nitrogens with one attached hydrogen (secondary N) is 2. The van der Waals surface area contributed by atoms with Crippen molar-refractivity contribution < 1.29 is 28.3 Å². The van der Waals surface area contributed by atoms with E-state index in [0.717, 1.165) is 4.90 Å². The van der Waals surface area contributed by atoms with Crippen molar-refractivity contribution in [2.75, 3.05) is 17.3 Å². The van der Waals surface area contributed by atoms with Crippen LogP contribution in [-0.4, -0.2) is 30.8 Å². The first-order chi connectivity index (χ1) is 16.4. The van der Waals surface area contributed by atoms with Crippen molar-refractivity contribution in [2.24, 2.45) is 0 Å². The van der Waals surface area contributed by atoms with Crippen LogP contribution >= 0.6 is 11.6 Å². The Hall–Kier alpha value is -4.37. The Labute approximate surface area is 198 Å². The molecule has 34 heavy (non-hydrogen) atoms. The van der Waals surface area contributed by atoms with Crippen LogP contribution in [0.5, 0.6) is 0 Å². The van der Waals surface area contributed by atoms with Gasteiger partial charge in [-0.3, -0.25) is 14.4 Å². The van der Waals surface area contributed by atoms with E-state index in [0.29, 0.717) is 17.0 Å². The molecular formula is C24H18ClN3O6. The first kappa shape index (κ1) is 22.8. The molecule has 3 aromatic rings. The topological polar surface area (TPSA) is 118 Å². The summed E-state index contributed by atoms with van der Waals surface area (Å²) in [5.74, 6) is -1.70. The maximum Gasteiger partial charge on any atom is 0.337 e. The number of carbonyl (C=O) groups excluding carboxylic acids is 4. The summed E-state index contributed by atoms with van der Waals surface area (Å²) in [4.78, 5) is 50.6. The molecule has 0 radical (unpaired) electrons. The molecule has 0 bridgehead atoms. The number of ether oxygens (including phenoxy) is 1. The fraction of sp³-hybridized carbons (Fsp3) is 0.0833. The average molecular weight is 480 g/mol. The zero-order valence-corrected chi connectivity index (χ0v) is 18.6. The number of furan rings is 1. The number of carbonyl (C=O) groups is 4. The maximum absolute atomic E-state index is 13.0. The van der Waals surface area contributed by atoms with E-state index in [1.54, 1.807) is 36.4 Å². The monoisotopic (exact) mass is 479 g/mol. The van der Waals surface area contributed by atoms with Gasteiger partial charge < -0.3 is 19.8 Å². The first-order valence-electron chi connectivity index (χ1n) is 10.0. The van der Waals surface area contributed by atoms with E-state index in [2.05, 4.69) is 15.4 Å². The Balaban J connectivity index is 1.46. The van der Waals surface area contributed by atoms with Crippen molar-refractivity contribution in [1.29, 1.82) is 0 Å². The summed E-state index contributed by atoms with van der Waals surface area (Å²) in [6, 6.07) is 15.7. The minimum Gasteiger partial charge on any atom is -0.467 e. The highest BCUT2D eigenvalue weighted by molar-refractivity contribution is 6.53. The van der Waals surface area contributed by atoms with Crippen molar-refractivity contribution in [3.05, 3.63) is 94.5 Å². The van der Waals surface area contributed by atoms with Crippen LogP contribution in [0.25, 0.3) is 0 Å². The van der Waals surface area contributed by atoms with Crippen molar-refractivity contribution >= 4 is 46.7 Å². The van der Waals surface area contributed by atoms with Gasteiger partial charge in [0.1, 0.15) is 16.5 Å². The van der Waals surface area contributed by atoms with Gasteiger partial charge in [0.05, 0.1) is 31.2 Å². The number of hydrogen-bond acceptors (Lipinski definition) is 7. The summed E-state index contributed by atoms with van der Waals surface area (Å²) in [5.41, 5.74) is 1.08. The minimum absolute atomic E-state index is 0.120. The van der Waals surface area contributed by atoms with Crippen LogP contribution < -0.4 is 15.5 Å². The SMILES string of the molecule is COC(=O)c1cccc(N2C(=O)C(Cl)=C(Nc3ccc(C(=O)NCc4ccco4)cc3)C2=O)c1. The molecule has 0 unspecified atom stereocenters. The van der Waals surface area contributed by atoms with Gasteiger partial charge in [0.2, 0.25) is 0 Å². The van der Waals surface area contributed by atoms with Gasteiger partial charge in [0.15, 0.2) is 0 Å². The van der Waals surface area contributed by atoms with Crippen LogP contribution in [0.4, 0.5) is 11.4 Å². The van der Waals surface area contributed by atoms with Gasteiger partial charge in [0, 0.05) is 11.3 Å². The molecule has 172 valence electrons. The second-order valence-electron chi connectivity index (χ2n) is 7.14. The number of anilines is 2. The number of benzene rings is 2. The van der Waals surface area contributed by atoms with Gasteiger partial charge in [0.25, 0.3) is 17.7 Å². The standard InChI is InChI=1S/C24H18ClN3O6/c1-33-24(32)15-4-2-5-17(12-15)28-22(30)19(25)20(23(28)31)27-16-9-7-14(8-10-16)21(29)26-13-18-6-3-11-34-18/h2-12,27H,13H2,1H3,(H,26,29). The summed E-state index contributed by atoms with van der Waals surface area (Å²) in [6.45, 7) is 0.248. The molecule has 1 aliphatic rings. The average Bonchev–Trinajstić information content (AvgIpc) is 3.45. The molecule has 0 spiro atoms. The molecule has 0 saturated heterocycles. The van der Waals surface area contributed by atoms with E-state index in [4.69, 9.17) is 16.0 Å². The number of halogens is 1. The predicted octanol–water partition coefficient (Wildman–Crippen LogP) is 3.43. The van der Waals surface area contributed by atoms with Gasteiger partial charge in [-0.1, -0.05) is 17.7 Å². The van der Waals surface area contributed by atoms with Gasteiger partial charge >= 0.3 is 5.97 Å². The molecule has 1 aromatic heterocycles. The van der Waals surface area contributed by atoms with Gasteiger partial charge in [-0.25, -0.2) is 9.69 Å². The molecule has 4 rings (SSSR count). The Morgan fingerprint density at radius 3 is 2.44 bits per heavy atom. The lowest BCUT2D eigenvalue weighted by Gasteiger charge is -2.16. The number of methoxy groups -OCH3 is 1. The summed E-state index contributed by atoms with van der Waals surface area (Å²) in [7, 11) is 1.23. The number of nitrogens with zero attached hydrogens (tertiary/aromatic N) is 1. The van der Waals surface area contributed by atoms with Crippen LogP contribution in [0.2, 0.25) is 0 Å². The summed E-state index contributed by atoms with van der Waals surface area (Å²) in [6.07, 6.45) is 1.52. The van der Waals surface area contributed by atoms with Crippen molar-refractivity contribution in [1.82, 2.24) is 5.32 Å². The smallest absolute Gasteiger partial charge is 0.337 e. The molecule has 9 nitrogen and oxygen atoms in total. The quantitative estimate of drug-likeness (QED) is 0.393. The molecule has 0 aliphatic carbocycles. The predicted molar refractivity (Wildman–Crippen MR) is 123 cm³/mol. The highest BCUT2D eigenvalue weighted by atomic mass is 35.5.